The van der Waals surface area contributed by atoms with E-state index in [0.29, 0.717) is 5.82 Å². The molecule has 0 spiro atoms. The number of carboxylic acids is 1. The van der Waals surface area contributed by atoms with Crippen LogP contribution in [-0.2, 0) is 4.79 Å². The molecule has 14 heavy (non-hydrogen) atoms. The summed E-state index contributed by atoms with van der Waals surface area (Å²) in [5.41, 5.74) is 0.790. The summed E-state index contributed by atoms with van der Waals surface area (Å²) in [5.74, 6) is -0.417. The second-order valence-corrected chi connectivity index (χ2v) is 3.70. The van der Waals surface area contributed by atoms with E-state index in [1.807, 2.05) is 22.9 Å². The van der Waals surface area contributed by atoms with E-state index in [4.69, 9.17) is 0 Å². The standard InChI is InChI=1S/C8H9N3O2S/c1-5-7(9-4-6(12)13)11-2-3-14-8(11)10-5/h2-3,9H,4H2,1H3,(H,12,13)/p-1. The lowest BCUT2D eigenvalue weighted by atomic mass is 10.4. The first kappa shape index (κ1) is 9.01. The van der Waals surface area contributed by atoms with Crippen LogP contribution in [0.15, 0.2) is 11.6 Å². The number of imidazole rings is 1. The third-order valence-corrected chi connectivity index (χ3v) is 2.59. The molecule has 6 heteroatoms. The first-order chi connectivity index (χ1) is 6.68. The van der Waals surface area contributed by atoms with Crippen molar-refractivity contribution in [1.82, 2.24) is 9.38 Å². The molecule has 0 amide bonds. The number of thiazole rings is 1. The summed E-state index contributed by atoms with van der Waals surface area (Å²) >= 11 is 1.51. The highest BCUT2D eigenvalue weighted by molar-refractivity contribution is 7.15. The topological polar surface area (TPSA) is 69.5 Å². The molecular formula is C8H8N3O2S-. The van der Waals surface area contributed by atoms with Gasteiger partial charge in [0, 0.05) is 11.6 Å². The molecule has 0 aliphatic carbocycles. The molecule has 0 aromatic carbocycles. The van der Waals surface area contributed by atoms with Crippen molar-refractivity contribution in [3.05, 3.63) is 17.3 Å². The molecule has 0 aliphatic rings. The van der Waals surface area contributed by atoms with Gasteiger partial charge < -0.3 is 15.2 Å². The molecule has 0 fully saturated rings. The van der Waals surface area contributed by atoms with Gasteiger partial charge in [0.1, 0.15) is 5.82 Å². The van der Waals surface area contributed by atoms with Crippen LogP contribution >= 0.6 is 11.3 Å². The maximum Gasteiger partial charge on any atom is 0.195 e. The van der Waals surface area contributed by atoms with Crippen LogP contribution in [0.25, 0.3) is 4.96 Å². The first-order valence-electron chi connectivity index (χ1n) is 4.04. The number of nitrogens with one attached hydrogen (secondary N) is 1. The number of carboxylic acid groups (broad SMARTS) is 1. The zero-order valence-electron chi connectivity index (χ0n) is 7.48. The molecule has 0 unspecified atom stereocenters. The predicted octanol–water partition coefficient (Wildman–Crippen LogP) is -0.134. The van der Waals surface area contributed by atoms with Crippen LogP contribution in [-0.4, -0.2) is 21.9 Å². The van der Waals surface area contributed by atoms with E-state index in [9.17, 15) is 9.90 Å². The van der Waals surface area contributed by atoms with Gasteiger partial charge >= 0.3 is 0 Å². The predicted molar refractivity (Wildman–Crippen MR) is 51.3 cm³/mol. The molecule has 2 aromatic rings. The van der Waals surface area contributed by atoms with Crippen LogP contribution in [0.4, 0.5) is 5.82 Å². The summed E-state index contributed by atoms with van der Waals surface area (Å²) in [6, 6.07) is 0. The maximum atomic E-state index is 10.3. The molecule has 2 aromatic heterocycles. The third-order valence-electron chi connectivity index (χ3n) is 1.84. The minimum Gasteiger partial charge on any atom is -0.548 e. The SMILES string of the molecule is Cc1nc2sccn2c1NCC(=O)[O-]. The highest BCUT2D eigenvalue weighted by Crippen LogP contribution is 2.20. The second kappa shape index (κ2) is 3.30. The molecule has 0 saturated heterocycles. The molecule has 5 nitrogen and oxygen atoms in total. The van der Waals surface area contributed by atoms with Crippen molar-refractivity contribution in [2.75, 3.05) is 11.9 Å². The second-order valence-electron chi connectivity index (χ2n) is 2.83. The average molecular weight is 210 g/mol. The molecule has 0 radical (unpaired) electrons. The quantitative estimate of drug-likeness (QED) is 0.766. The third kappa shape index (κ3) is 1.44. The van der Waals surface area contributed by atoms with Gasteiger partial charge in [0.25, 0.3) is 0 Å². The van der Waals surface area contributed by atoms with Gasteiger partial charge in [0.15, 0.2) is 4.96 Å². The number of hydrogen-bond acceptors (Lipinski definition) is 5. The number of nitrogens with zero attached hydrogens (tertiary/aromatic N) is 2. The van der Waals surface area contributed by atoms with Gasteiger partial charge in [-0.2, -0.15) is 0 Å². The van der Waals surface area contributed by atoms with E-state index < -0.39 is 5.97 Å². The largest absolute Gasteiger partial charge is 0.548 e. The Balaban J connectivity index is 2.34. The van der Waals surface area contributed by atoms with Crippen molar-refractivity contribution < 1.29 is 9.90 Å². The van der Waals surface area contributed by atoms with Crippen LogP contribution in [0.1, 0.15) is 5.69 Å². The van der Waals surface area contributed by atoms with Gasteiger partial charge in [0.2, 0.25) is 0 Å². The first-order valence-corrected chi connectivity index (χ1v) is 4.92. The molecule has 0 atom stereocenters. The summed E-state index contributed by atoms with van der Waals surface area (Å²) in [6.45, 7) is 1.63. The molecule has 0 bridgehead atoms. The van der Waals surface area contributed by atoms with Gasteiger partial charge in [-0.05, 0) is 6.92 Å². The highest BCUT2D eigenvalue weighted by Gasteiger charge is 2.07. The Morgan fingerprint density at radius 2 is 2.57 bits per heavy atom. The average Bonchev–Trinajstić information content (AvgIpc) is 2.61. The molecule has 2 rings (SSSR count). The normalized spacial score (nSPS) is 10.6. The van der Waals surface area contributed by atoms with Crippen LogP contribution in [0.5, 0.6) is 0 Å². The summed E-state index contributed by atoms with van der Waals surface area (Å²) < 4.78 is 1.82. The Morgan fingerprint density at radius 3 is 3.29 bits per heavy atom. The van der Waals surface area contributed by atoms with Crippen molar-refractivity contribution >= 4 is 28.1 Å². The van der Waals surface area contributed by atoms with Crippen LogP contribution in [0.2, 0.25) is 0 Å². The van der Waals surface area contributed by atoms with Gasteiger partial charge in [0.05, 0.1) is 18.2 Å². The van der Waals surface area contributed by atoms with Crippen LogP contribution in [0.3, 0.4) is 0 Å². The zero-order valence-corrected chi connectivity index (χ0v) is 8.30. The Kier molecular flexibility index (Phi) is 2.12. The van der Waals surface area contributed by atoms with E-state index in [0.717, 1.165) is 10.7 Å². The fraction of sp³-hybridized carbons (Fsp3) is 0.250. The van der Waals surface area contributed by atoms with Crippen molar-refractivity contribution in [2.45, 2.75) is 6.92 Å². The zero-order chi connectivity index (χ0) is 10.1. The van der Waals surface area contributed by atoms with E-state index in [1.54, 1.807) is 0 Å². The molecule has 74 valence electrons. The number of anilines is 1. The van der Waals surface area contributed by atoms with Crippen molar-refractivity contribution in [3.63, 3.8) is 0 Å². The number of rotatable bonds is 3. The Hall–Kier alpha value is -1.56. The number of hydrogen-bond donors (Lipinski definition) is 1. The lowest BCUT2D eigenvalue weighted by Crippen LogP contribution is -2.30. The van der Waals surface area contributed by atoms with Crippen LogP contribution in [0, 0.1) is 6.92 Å². The Labute approximate surface area is 84.0 Å². The fourth-order valence-electron chi connectivity index (χ4n) is 1.26. The molecular weight excluding hydrogens is 202 g/mol. The number of aromatic nitrogens is 2. The number of carbonyl (C=O) groups excluding carboxylic acids is 1. The number of carbonyl (C=O) groups is 1. The Bertz CT molecular complexity index is 474. The minimum absolute atomic E-state index is 0.204. The highest BCUT2D eigenvalue weighted by atomic mass is 32.1. The molecule has 2 heterocycles. The summed E-state index contributed by atoms with van der Waals surface area (Å²) in [7, 11) is 0. The van der Waals surface area contributed by atoms with Crippen molar-refractivity contribution in [1.29, 1.82) is 0 Å². The molecule has 0 aliphatic heterocycles. The number of fused-ring (bicyclic) bond motifs is 1. The van der Waals surface area contributed by atoms with E-state index in [2.05, 4.69) is 10.3 Å². The molecule has 1 N–H and O–H groups in total. The summed E-state index contributed by atoms with van der Waals surface area (Å²) in [6.07, 6.45) is 1.84. The lowest BCUT2D eigenvalue weighted by Gasteiger charge is -2.05. The number of aliphatic carboxylic acids is 1. The van der Waals surface area contributed by atoms with Gasteiger partial charge in [-0.1, -0.05) is 0 Å². The van der Waals surface area contributed by atoms with Crippen LogP contribution < -0.4 is 10.4 Å². The smallest absolute Gasteiger partial charge is 0.195 e. The monoisotopic (exact) mass is 210 g/mol. The Morgan fingerprint density at radius 1 is 1.79 bits per heavy atom. The fourth-order valence-corrected chi connectivity index (χ4v) is 2.02. The van der Waals surface area contributed by atoms with Gasteiger partial charge in [-0.3, -0.25) is 4.40 Å². The van der Waals surface area contributed by atoms with Gasteiger partial charge in [-0.25, -0.2) is 4.98 Å². The minimum atomic E-state index is -1.13. The lowest BCUT2D eigenvalue weighted by molar-refractivity contribution is -0.302. The van der Waals surface area contributed by atoms with Gasteiger partial charge in [-0.15, -0.1) is 11.3 Å². The maximum absolute atomic E-state index is 10.3. The summed E-state index contributed by atoms with van der Waals surface area (Å²) in [5, 5.41) is 14.9. The summed E-state index contributed by atoms with van der Waals surface area (Å²) in [4.78, 5) is 15.4. The molecule has 0 saturated carbocycles. The van der Waals surface area contributed by atoms with Crippen molar-refractivity contribution in [2.24, 2.45) is 0 Å². The van der Waals surface area contributed by atoms with E-state index >= 15 is 0 Å². The van der Waals surface area contributed by atoms with E-state index in [1.165, 1.54) is 11.3 Å². The van der Waals surface area contributed by atoms with E-state index in [-0.39, 0.29) is 6.54 Å². The number of aryl methyl sites for hydroxylation is 1. The van der Waals surface area contributed by atoms with Crippen molar-refractivity contribution in [3.8, 4) is 0 Å².